The molecule has 0 saturated heterocycles. The lowest BCUT2D eigenvalue weighted by Gasteiger charge is -2.30. The van der Waals surface area contributed by atoms with Gasteiger partial charge in [0.2, 0.25) is 17.7 Å². The maximum absolute atomic E-state index is 12.5. The van der Waals surface area contributed by atoms with E-state index in [9.17, 15) is 9.59 Å². The first-order valence-corrected chi connectivity index (χ1v) is 11.6. The van der Waals surface area contributed by atoms with Crippen LogP contribution in [0.3, 0.4) is 0 Å². The molecule has 2 aromatic rings. The van der Waals surface area contributed by atoms with Crippen molar-refractivity contribution in [3.8, 4) is 5.75 Å². The highest BCUT2D eigenvalue weighted by molar-refractivity contribution is 6.31. The molecule has 9 heteroatoms. The van der Waals surface area contributed by atoms with Gasteiger partial charge in [-0.05, 0) is 37.5 Å². The van der Waals surface area contributed by atoms with E-state index in [-0.39, 0.29) is 18.2 Å². The maximum atomic E-state index is 12.5. The molecule has 1 aromatic heterocycles. The minimum Gasteiger partial charge on any atom is -0.491 e. The molecular formula is C23H31ClN4O4. The number of benzene rings is 1. The van der Waals surface area contributed by atoms with E-state index in [1.165, 1.54) is 6.92 Å². The molecule has 0 atom stereocenters. The fraction of sp³-hybridized carbons (Fsp3) is 0.565. The number of hydrogen-bond acceptors (Lipinski definition) is 6. The quantitative estimate of drug-likeness (QED) is 0.520. The molecule has 3 rings (SSSR count). The fourth-order valence-electron chi connectivity index (χ4n) is 4.00. The summed E-state index contributed by atoms with van der Waals surface area (Å²) in [7, 11) is 0. The van der Waals surface area contributed by atoms with Crippen molar-refractivity contribution in [3.63, 3.8) is 0 Å². The highest BCUT2D eigenvalue weighted by atomic mass is 35.5. The zero-order valence-corrected chi connectivity index (χ0v) is 19.5. The summed E-state index contributed by atoms with van der Waals surface area (Å²) in [5, 5.41) is 10.6. The Morgan fingerprint density at radius 2 is 1.97 bits per heavy atom. The van der Waals surface area contributed by atoms with E-state index < -0.39 is 5.54 Å². The number of carbonyl (C=O) groups excluding carboxylic acids is 2. The third-order valence-corrected chi connectivity index (χ3v) is 5.75. The second-order valence-corrected chi connectivity index (χ2v) is 8.66. The summed E-state index contributed by atoms with van der Waals surface area (Å²) in [6, 6.07) is 5.13. The van der Waals surface area contributed by atoms with Crippen LogP contribution in [0, 0.1) is 0 Å². The Morgan fingerprint density at radius 1 is 1.22 bits per heavy atom. The molecule has 174 valence electrons. The standard InChI is InChI=1S/C23H31ClN4O4/c1-3-14-31-19-9-8-17(24)15-18(19)25-20(30)10-11-21-26-22(28-32-21)23(27-16(2)29)12-6-4-5-7-13-23/h8-9,15H,3-7,10-14H2,1-2H3,(H,25,30)(H,27,29). The van der Waals surface area contributed by atoms with Gasteiger partial charge in [0.15, 0.2) is 5.82 Å². The van der Waals surface area contributed by atoms with Gasteiger partial charge >= 0.3 is 0 Å². The van der Waals surface area contributed by atoms with E-state index >= 15 is 0 Å². The molecule has 0 radical (unpaired) electrons. The largest absolute Gasteiger partial charge is 0.491 e. The minimum absolute atomic E-state index is 0.111. The van der Waals surface area contributed by atoms with Gasteiger partial charge in [0.05, 0.1) is 12.3 Å². The van der Waals surface area contributed by atoms with Crippen LogP contribution in [0.15, 0.2) is 22.7 Å². The highest BCUT2D eigenvalue weighted by Crippen LogP contribution is 2.34. The Morgan fingerprint density at radius 3 is 2.66 bits per heavy atom. The number of carbonyl (C=O) groups is 2. The Hall–Kier alpha value is -2.61. The second kappa shape index (κ2) is 11.3. The number of ether oxygens (including phenoxy) is 1. The van der Waals surface area contributed by atoms with Gasteiger partial charge in [-0.25, -0.2) is 0 Å². The van der Waals surface area contributed by atoms with Gasteiger partial charge in [-0.2, -0.15) is 4.98 Å². The molecular weight excluding hydrogens is 432 g/mol. The molecule has 8 nitrogen and oxygen atoms in total. The number of aromatic nitrogens is 2. The smallest absolute Gasteiger partial charge is 0.227 e. The van der Waals surface area contributed by atoms with Crippen LogP contribution in [-0.2, 0) is 21.5 Å². The van der Waals surface area contributed by atoms with Crippen molar-refractivity contribution in [2.45, 2.75) is 77.2 Å². The zero-order valence-electron chi connectivity index (χ0n) is 18.7. The van der Waals surface area contributed by atoms with Crippen molar-refractivity contribution in [2.24, 2.45) is 0 Å². The summed E-state index contributed by atoms with van der Waals surface area (Å²) in [4.78, 5) is 28.9. The van der Waals surface area contributed by atoms with Crippen LogP contribution in [0.4, 0.5) is 5.69 Å². The summed E-state index contributed by atoms with van der Waals surface area (Å²) in [6.07, 6.45) is 7.11. The monoisotopic (exact) mass is 462 g/mol. The molecule has 1 saturated carbocycles. The van der Waals surface area contributed by atoms with Crippen LogP contribution in [0.25, 0.3) is 0 Å². The fourth-order valence-corrected chi connectivity index (χ4v) is 4.17. The van der Waals surface area contributed by atoms with Crippen LogP contribution in [0.2, 0.25) is 5.02 Å². The molecule has 2 N–H and O–H groups in total. The van der Waals surface area contributed by atoms with Gasteiger partial charge in [0, 0.05) is 24.8 Å². The molecule has 1 heterocycles. The van der Waals surface area contributed by atoms with Crippen molar-refractivity contribution < 1.29 is 18.8 Å². The van der Waals surface area contributed by atoms with Crippen molar-refractivity contribution >= 4 is 29.1 Å². The number of halogens is 1. The van der Waals surface area contributed by atoms with E-state index in [0.717, 1.165) is 44.9 Å². The zero-order chi connectivity index (χ0) is 23.0. The number of hydrogen-bond donors (Lipinski definition) is 2. The highest BCUT2D eigenvalue weighted by Gasteiger charge is 2.38. The van der Waals surface area contributed by atoms with Crippen LogP contribution in [0.1, 0.15) is 76.9 Å². The number of aryl methyl sites for hydroxylation is 1. The average Bonchev–Trinajstić information content (AvgIpc) is 3.11. The SMILES string of the molecule is CCCOc1ccc(Cl)cc1NC(=O)CCc1nc(C2(NC(C)=O)CCCCCC2)no1. The third kappa shape index (κ3) is 6.45. The molecule has 2 amide bonds. The Labute approximate surface area is 193 Å². The molecule has 0 unspecified atom stereocenters. The van der Waals surface area contributed by atoms with Crippen LogP contribution >= 0.6 is 11.6 Å². The predicted octanol–water partition coefficient (Wildman–Crippen LogP) is 4.77. The Kier molecular flexibility index (Phi) is 8.50. The molecule has 0 aliphatic heterocycles. The lowest BCUT2D eigenvalue weighted by atomic mass is 9.89. The molecule has 1 aromatic carbocycles. The van der Waals surface area contributed by atoms with E-state index in [4.69, 9.17) is 20.9 Å². The van der Waals surface area contributed by atoms with Crippen molar-refractivity contribution in [1.29, 1.82) is 0 Å². The number of nitrogens with zero attached hydrogens (tertiary/aromatic N) is 2. The summed E-state index contributed by atoms with van der Waals surface area (Å²) in [5.74, 6) is 1.13. The van der Waals surface area contributed by atoms with Crippen molar-refractivity contribution in [1.82, 2.24) is 15.5 Å². The van der Waals surface area contributed by atoms with E-state index in [2.05, 4.69) is 20.8 Å². The summed E-state index contributed by atoms with van der Waals surface area (Å²) in [5.41, 5.74) is -0.0659. The van der Waals surface area contributed by atoms with Gasteiger partial charge in [0.25, 0.3) is 0 Å². The summed E-state index contributed by atoms with van der Waals surface area (Å²) < 4.78 is 11.1. The third-order valence-electron chi connectivity index (χ3n) is 5.51. The van der Waals surface area contributed by atoms with Crippen LogP contribution in [-0.4, -0.2) is 28.6 Å². The number of anilines is 1. The van der Waals surface area contributed by atoms with Gasteiger partial charge in [0.1, 0.15) is 11.3 Å². The van der Waals surface area contributed by atoms with E-state index in [1.807, 2.05) is 6.92 Å². The molecule has 1 aliphatic carbocycles. The van der Waals surface area contributed by atoms with Gasteiger partial charge in [-0.3, -0.25) is 9.59 Å². The van der Waals surface area contributed by atoms with Crippen LogP contribution < -0.4 is 15.4 Å². The minimum atomic E-state index is -0.599. The topological polar surface area (TPSA) is 106 Å². The van der Waals surface area contributed by atoms with Crippen molar-refractivity contribution in [2.75, 3.05) is 11.9 Å². The first kappa shape index (κ1) is 24.0. The van der Waals surface area contributed by atoms with Gasteiger partial charge < -0.3 is 19.9 Å². The maximum Gasteiger partial charge on any atom is 0.227 e. The van der Waals surface area contributed by atoms with E-state index in [1.54, 1.807) is 18.2 Å². The van der Waals surface area contributed by atoms with E-state index in [0.29, 0.717) is 41.2 Å². The number of rotatable bonds is 9. The first-order valence-electron chi connectivity index (χ1n) is 11.3. The van der Waals surface area contributed by atoms with Gasteiger partial charge in [-0.1, -0.05) is 49.4 Å². The number of nitrogens with one attached hydrogen (secondary N) is 2. The number of amides is 2. The normalized spacial score (nSPS) is 15.6. The summed E-state index contributed by atoms with van der Waals surface area (Å²) in [6.45, 7) is 4.07. The average molecular weight is 463 g/mol. The lowest BCUT2D eigenvalue weighted by molar-refractivity contribution is -0.121. The van der Waals surface area contributed by atoms with Crippen LogP contribution in [0.5, 0.6) is 5.75 Å². The Bertz CT molecular complexity index is 922. The van der Waals surface area contributed by atoms with Gasteiger partial charge in [-0.15, -0.1) is 0 Å². The summed E-state index contributed by atoms with van der Waals surface area (Å²) >= 11 is 6.07. The molecule has 1 aliphatic rings. The molecule has 1 fully saturated rings. The molecule has 0 spiro atoms. The predicted molar refractivity (Wildman–Crippen MR) is 122 cm³/mol. The Balaban J connectivity index is 1.64. The molecule has 0 bridgehead atoms. The molecule has 32 heavy (non-hydrogen) atoms. The first-order chi connectivity index (χ1) is 15.4. The second-order valence-electron chi connectivity index (χ2n) is 8.23. The lowest BCUT2D eigenvalue weighted by Crippen LogP contribution is -2.45. The van der Waals surface area contributed by atoms with Crippen molar-refractivity contribution in [3.05, 3.63) is 34.9 Å².